The summed E-state index contributed by atoms with van der Waals surface area (Å²) >= 11 is 2.28. The summed E-state index contributed by atoms with van der Waals surface area (Å²) in [6.45, 7) is 0.659. The normalized spacial score (nSPS) is 9.83. The van der Waals surface area contributed by atoms with E-state index in [2.05, 4.69) is 22.6 Å². The predicted molar refractivity (Wildman–Crippen MR) is 55.4 cm³/mol. The number of hydrogen-bond acceptors (Lipinski definition) is 1. The molecular formula is C9H10FIO. The summed E-state index contributed by atoms with van der Waals surface area (Å²) in [5.74, 6) is 0.363. The van der Waals surface area contributed by atoms with Crippen molar-refractivity contribution in [3.05, 3.63) is 30.1 Å². The number of ether oxygens (including phenoxy) is 1. The first kappa shape index (κ1) is 9.77. The average Bonchev–Trinajstić information content (AvgIpc) is 2.05. The molecule has 0 amide bonds. The Balaban J connectivity index is 2.41. The summed E-state index contributed by atoms with van der Waals surface area (Å²) in [6, 6.07) is 6.21. The fourth-order valence-electron chi connectivity index (χ4n) is 0.801. The molecule has 12 heavy (non-hydrogen) atoms. The van der Waals surface area contributed by atoms with E-state index in [1.165, 1.54) is 12.1 Å². The highest BCUT2D eigenvalue weighted by Crippen LogP contribution is 2.11. The molecule has 3 heteroatoms. The molecule has 0 atom stereocenters. The first-order chi connectivity index (χ1) is 5.83. The summed E-state index contributed by atoms with van der Waals surface area (Å²) in [5, 5.41) is 0. The van der Waals surface area contributed by atoms with Crippen LogP contribution < -0.4 is 4.74 Å². The van der Waals surface area contributed by atoms with Gasteiger partial charge in [-0.15, -0.1) is 0 Å². The zero-order chi connectivity index (χ0) is 8.81. The SMILES string of the molecule is Fc1cccc(OCCCI)c1. The van der Waals surface area contributed by atoms with Gasteiger partial charge in [-0.3, -0.25) is 0 Å². The molecule has 0 aromatic heterocycles. The van der Waals surface area contributed by atoms with Gasteiger partial charge in [-0.1, -0.05) is 28.7 Å². The van der Waals surface area contributed by atoms with Gasteiger partial charge in [0.15, 0.2) is 0 Å². The molecule has 66 valence electrons. The maximum atomic E-state index is 12.6. The summed E-state index contributed by atoms with van der Waals surface area (Å²) in [5.41, 5.74) is 0. The molecule has 0 heterocycles. The summed E-state index contributed by atoms with van der Waals surface area (Å²) < 4.78 is 18.9. The van der Waals surface area contributed by atoms with Crippen LogP contribution in [0.1, 0.15) is 6.42 Å². The van der Waals surface area contributed by atoms with Crippen LogP contribution in [0.4, 0.5) is 4.39 Å². The van der Waals surface area contributed by atoms with Gasteiger partial charge in [0.25, 0.3) is 0 Å². The second-order valence-corrected chi connectivity index (χ2v) is 3.43. The van der Waals surface area contributed by atoms with E-state index >= 15 is 0 Å². The van der Waals surface area contributed by atoms with Crippen LogP contribution >= 0.6 is 22.6 Å². The van der Waals surface area contributed by atoms with E-state index in [1.807, 2.05) is 0 Å². The van der Waals surface area contributed by atoms with Crippen LogP contribution in [0.2, 0.25) is 0 Å². The molecule has 0 unspecified atom stereocenters. The van der Waals surface area contributed by atoms with Crippen molar-refractivity contribution in [1.82, 2.24) is 0 Å². The molecule has 0 aliphatic heterocycles. The lowest BCUT2D eigenvalue weighted by atomic mass is 10.3. The molecule has 0 aliphatic carbocycles. The largest absolute Gasteiger partial charge is 0.493 e. The second kappa shape index (κ2) is 5.35. The smallest absolute Gasteiger partial charge is 0.126 e. The molecule has 0 radical (unpaired) electrons. The lowest BCUT2D eigenvalue weighted by Crippen LogP contribution is -1.97. The predicted octanol–water partition coefficient (Wildman–Crippen LogP) is 3.03. The number of halogens is 2. The van der Waals surface area contributed by atoms with E-state index in [-0.39, 0.29) is 5.82 Å². The standard InChI is InChI=1S/C9H10FIO/c10-8-3-1-4-9(7-8)12-6-2-5-11/h1,3-4,7H,2,5-6H2. The number of alkyl halides is 1. The monoisotopic (exact) mass is 280 g/mol. The van der Waals surface area contributed by atoms with Crippen LogP contribution in [-0.2, 0) is 0 Å². The minimum absolute atomic E-state index is 0.248. The van der Waals surface area contributed by atoms with Crippen LogP contribution in [0.15, 0.2) is 24.3 Å². The fourth-order valence-corrected chi connectivity index (χ4v) is 1.11. The fraction of sp³-hybridized carbons (Fsp3) is 0.333. The maximum absolute atomic E-state index is 12.6. The Kier molecular flexibility index (Phi) is 4.35. The Morgan fingerprint density at radius 3 is 2.92 bits per heavy atom. The van der Waals surface area contributed by atoms with E-state index in [0.717, 1.165) is 10.8 Å². The van der Waals surface area contributed by atoms with Gasteiger partial charge in [-0.05, 0) is 18.6 Å². The lowest BCUT2D eigenvalue weighted by molar-refractivity contribution is 0.318. The summed E-state index contributed by atoms with van der Waals surface area (Å²) in [7, 11) is 0. The van der Waals surface area contributed by atoms with Gasteiger partial charge in [0.1, 0.15) is 11.6 Å². The highest BCUT2D eigenvalue weighted by atomic mass is 127. The third-order valence-electron chi connectivity index (χ3n) is 1.34. The van der Waals surface area contributed by atoms with Crippen molar-refractivity contribution in [2.75, 3.05) is 11.0 Å². The third-order valence-corrected chi connectivity index (χ3v) is 2.11. The van der Waals surface area contributed by atoms with E-state index in [9.17, 15) is 4.39 Å². The number of hydrogen-bond donors (Lipinski definition) is 0. The molecule has 1 aromatic rings. The first-order valence-electron chi connectivity index (χ1n) is 3.77. The van der Waals surface area contributed by atoms with Crippen molar-refractivity contribution in [3.8, 4) is 5.75 Å². The molecule has 1 rings (SSSR count). The quantitative estimate of drug-likeness (QED) is 0.468. The molecule has 1 aromatic carbocycles. The van der Waals surface area contributed by atoms with Crippen molar-refractivity contribution in [3.63, 3.8) is 0 Å². The molecule has 0 saturated heterocycles. The molecule has 0 N–H and O–H groups in total. The summed E-state index contributed by atoms with van der Waals surface area (Å²) in [6.07, 6.45) is 0.997. The Labute approximate surface area is 85.1 Å². The highest BCUT2D eigenvalue weighted by molar-refractivity contribution is 14.1. The molecular weight excluding hydrogens is 270 g/mol. The van der Waals surface area contributed by atoms with Gasteiger partial charge in [0.2, 0.25) is 0 Å². The average molecular weight is 280 g/mol. The molecule has 0 bridgehead atoms. The van der Waals surface area contributed by atoms with E-state index < -0.39 is 0 Å². The summed E-state index contributed by atoms with van der Waals surface area (Å²) in [4.78, 5) is 0. The van der Waals surface area contributed by atoms with Gasteiger partial charge in [-0.2, -0.15) is 0 Å². The van der Waals surface area contributed by atoms with Gasteiger partial charge in [-0.25, -0.2) is 4.39 Å². The van der Waals surface area contributed by atoms with E-state index in [1.54, 1.807) is 12.1 Å². The Morgan fingerprint density at radius 1 is 1.42 bits per heavy atom. The number of rotatable bonds is 4. The minimum Gasteiger partial charge on any atom is -0.493 e. The number of benzene rings is 1. The van der Waals surface area contributed by atoms with Crippen molar-refractivity contribution in [1.29, 1.82) is 0 Å². The second-order valence-electron chi connectivity index (χ2n) is 2.35. The van der Waals surface area contributed by atoms with Crippen LogP contribution in [0.5, 0.6) is 5.75 Å². The Bertz CT molecular complexity index is 240. The zero-order valence-corrected chi connectivity index (χ0v) is 8.75. The molecule has 0 spiro atoms. The molecule has 0 fully saturated rings. The first-order valence-corrected chi connectivity index (χ1v) is 5.30. The van der Waals surface area contributed by atoms with Gasteiger partial charge in [0, 0.05) is 10.5 Å². The molecule has 0 saturated carbocycles. The maximum Gasteiger partial charge on any atom is 0.126 e. The topological polar surface area (TPSA) is 9.23 Å². The highest BCUT2D eigenvalue weighted by Gasteiger charge is 1.94. The van der Waals surface area contributed by atoms with E-state index in [0.29, 0.717) is 12.4 Å². The van der Waals surface area contributed by atoms with Gasteiger partial charge >= 0.3 is 0 Å². The Morgan fingerprint density at radius 2 is 2.25 bits per heavy atom. The Hall–Kier alpha value is -0.320. The van der Waals surface area contributed by atoms with Gasteiger partial charge < -0.3 is 4.74 Å². The van der Waals surface area contributed by atoms with Crippen molar-refractivity contribution in [2.24, 2.45) is 0 Å². The van der Waals surface area contributed by atoms with Crippen LogP contribution in [-0.4, -0.2) is 11.0 Å². The lowest BCUT2D eigenvalue weighted by Gasteiger charge is -2.03. The molecule has 1 nitrogen and oxygen atoms in total. The third kappa shape index (κ3) is 3.38. The van der Waals surface area contributed by atoms with Crippen molar-refractivity contribution >= 4 is 22.6 Å². The van der Waals surface area contributed by atoms with Crippen LogP contribution in [0.3, 0.4) is 0 Å². The van der Waals surface area contributed by atoms with Gasteiger partial charge in [0.05, 0.1) is 6.61 Å². The molecule has 0 aliphatic rings. The van der Waals surface area contributed by atoms with Crippen LogP contribution in [0.25, 0.3) is 0 Å². The van der Waals surface area contributed by atoms with Crippen molar-refractivity contribution < 1.29 is 9.13 Å². The minimum atomic E-state index is -0.248. The van der Waals surface area contributed by atoms with Crippen LogP contribution in [0, 0.1) is 5.82 Å². The zero-order valence-electron chi connectivity index (χ0n) is 6.59. The van der Waals surface area contributed by atoms with E-state index in [4.69, 9.17) is 4.74 Å². The van der Waals surface area contributed by atoms with Crippen molar-refractivity contribution in [2.45, 2.75) is 6.42 Å².